The van der Waals surface area contributed by atoms with E-state index < -0.39 is 17.5 Å². The van der Waals surface area contributed by atoms with Gasteiger partial charge in [0, 0.05) is 26.3 Å². The van der Waals surface area contributed by atoms with E-state index in [2.05, 4.69) is 10.6 Å². The number of benzene rings is 1. The molecule has 1 aliphatic rings. The van der Waals surface area contributed by atoms with Gasteiger partial charge in [-0.1, -0.05) is 0 Å². The summed E-state index contributed by atoms with van der Waals surface area (Å²) in [7, 11) is 1.55. The molecule has 1 fully saturated rings. The lowest BCUT2D eigenvalue weighted by atomic mass is 10.1. The van der Waals surface area contributed by atoms with Gasteiger partial charge in [0.1, 0.15) is 11.6 Å². The van der Waals surface area contributed by atoms with E-state index in [0.717, 1.165) is 12.1 Å². The highest BCUT2D eigenvalue weighted by Crippen LogP contribution is 2.11. The fourth-order valence-electron chi connectivity index (χ4n) is 1.97. The van der Waals surface area contributed by atoms with Crippen LogP contribution in [0.2, 0.25) is 0 Å². The molecule has 1 aromatic rings. The highest BCUT2D eigenvalue weighted by atomic mass is 19.1. The summed E-state index contributed by atoms with van der Waals surface area (Å²) >= 11 is 0. The van der Waals surface area contributed by atoms with Crippen molar-refractivity contribution < 1.29 is 18.3 Å². The molecule has 1 aliphatic heterocycles. The van der Waals surface area contributed by atoms with E-state index in [1.54, 1.807) is 7.11 Å². The topological polar surface area (TPSA) is 50.4 Å². The third-order valence-electron chi connectivity index (χ3n) is 2.95. The SMILES string of the molecule is CO[C@H]1CNCC1NC(=O)c1ccc(F)cc1F. The Morgan fingerprint density at radius 1 is 1.44 bits per heavy atom. The van der Waals surface area contributed by atoms with Crippen LogP contribution in [0.3, 0.4) is 0 Å². The first-order valence-electron chi connectivity index (χ1n) is 5.61. The van der Waals surface area contributed by atoms with Crippen LogP contribution in [-0.2, 0) is 4.74 Å². The van der Waals surface area contributed by atoms with E-state index in [1.165, 1.54) is 0 Å². The zero-order chi connectivity index (χ0) is 13.1. The molecule has 0 radical (unpaired) electrons. The van der Waals surface area contributed by atoms with E-state index >= 15 is 0 Å². The zero-order valence-electron chi connectivity index (χ0n) is 9.87. The van der Waals surface area contributed by atoms with Gasteiger partial charge in [-0.3, -0.25) is 4.79 Å². The van der Waals surface area contributed by atoms with Crippen molar-refractivity contribution in [3.8, 4) is 0 Å². The van der Waals surface area contributed by atoms with Gasteiger partial charge in [0.05, 0.1) is 17.7 Å². The van der Waals surface area contributed by atoms with Gasteiger partial charge in [0.25, 0.3) is 5.91 Å². The van der Waals surface area contributed by atoms with E-state index in [9.17, 15) is 13.6 Å². The van der Waals surface area contributed by atoms with Gasteiger partial charge in [0.15, 0.2) is 0 Å². The van der Waals surface area contributed by atoms with Crippen molar-refractivity contribution in [3.63, 3.8) is 0 Å². The minimum Gasteiger partial charge on any atom is -0.378 e. The maximum atomic E-state index is 13.4. The molecule has 2 rings (SSSR count). The van der Waals surface area contributed by atoms with Crippen molar-refractivity contribution in [1.82, 2.24) is 10.6 Å². The minimum absolute atomic E-state index is 0.141. The zero-order valence-corrected chi connectivity index (χ0v) is 9.87. The predicted octanol–water partition coefficient (Wildman–Crippen LogP) is 0.681. The van der Waals surface area contributed by atoms with Gasteiger partial charge in [0.2, 0.25) is 0 Å². The first-order chi connectivity index (χ1) is 8.61. The molecule has 98 valence electrons. The molecule has 1 amide bonds. The van der Waals surface area contributed by atoms with Gasteiger partial charge in [-0.2, -0.15) is 0 Å². The fourth-order valence-corrected chi connectivity index (χ4v) is 1.97. The minimum atomic E-state index is -0.868. The molecule has 1 aromatic carbocycles. The number of carbonyl (C=O) groups excluding carboxylic acids is 1. The molecule has 1 heterocycles. The van der Waals surface area contributed by atoms with Crippen LogP contribution < -0.4 is 10.6 Å². The Balaban J connectivity index is 2.07. The second-order valence-electron chi connectivity index (χ2n) is 4.14. The van der Waals surface area contributed by atoms with Crippen LogP contribution in [0.5, 0.6) is 0 Å². The van der Waals surface area contributed by atoms with Gasteiger partial charge in [-0.05, 0) is 12.1 Å². The lowest BCUT2D eigenvalue weighted by molar-refractivity contribution is 0.0777. The van der Waals surface area contributed by atoms with Crippen molar-refractivity contribution in [2.24, 2.45) is 0 Å². The number of hydrogen-bond acceptors (Lipinski definition) is 3. The lowest BCUT2D eigenvalue weighted by Crippen LogP contribution is -2.43. The molecule has 0 aromatic heterocycles. The number of halogens is 2. The Kier molecular flexibility index (Phi) is 3.88. The quantitative estimate of drug-likeness (QED) is 0.836. The van der Waals surface area contributed by atoms with Crippen molar-refractivity contribution in [2.45, 2.75) is 12.1 Å². The van der Waals surface area contributed by atoms with Crippen LogP contribution in [0.1, 0.15) is 10.4 Å². The Labute approximate surface area is 103 Å². The number of methoxy groups -OCH3 is 1. The standard InChI is InChI=1S/C12H14F2N2O2/c1-18-11-6-15-5-10(11)16-12(17)8-3-2-7(13)4-9(8)14/h2-4,10-11,15H,5-6H2,1H3,(H,16,17)/t10?,11-/m0/s1. The van der Waals surface area contributed by atoms with Crippen molar-refractivity contribution in [3.05, 3.63) is 35.4 Å². The summed E-state index contributed by atoms with van der Waals surface area (Å²) in [6.07, 6.45) is -0.141. The molecule has 18 heavy (non-hydrogen) atoms. The van der Waals surface area contributed by atoms with Crippen molar-refractivity contribution in [1.29, 1.82) is 0 Å². The molecule has 1 saturated heterocycles. The average molecular weight is 256 g/mol. The van der Waals surface area contributed by atoms with Crippen LogP contribution in [0, 0.1) is 11.6 Å². The second-order valence-corrected chi connectivity index (χ2v) is 4.14. The van der Waals surface area contributed by atoms with Crippen LogP contribution in [0.4, 0.5) is 8.78 Å². The fraction of sp³-hybridized carbons (Fsp3) is 0.417. The summed E-state index contributed by atoms with van der Waals surface area (Å²) in [5, 5.41) is 5.73. The van der Waals surface area contributed by atoms with Crippen molar-refractivity contribution >= 4 is 5.91 Å². The number of rotatable bonds is 3. The molecule has 6 heteroatoms. The van der Waals surface area contributed by atoms with Crippen LogP contribution in [-0.4, -0.2) is 38.3 Å². The smallest absolute Gasteiger partial charge is 0.254 e. The Morgan fingerprint density at radius 3 is 2.89 bits per heavy atom. The lowest BCUT2D eigenvalue weighted by Gasteiger charge is -2.18. The predicted molar refractivity (Wildman–Crippen MR) is 61.3 cm³/mol. The van der Waals surface area contributed by atoms with Crippen LogP contribution in [0.25, 0.3) is 0 Å². The average Bonchev–Trinajstić information content (AvgIpc) is 2.76. The van der Waals surface area contributed by atoms with Gasteiger partial charge < -0.3 is 15.4 Å². The maximum Gasteiger partial charge on any atom is 0.254 e. The monoisotopic (exact) mass is 256 g/mol. The molecule has 4 nitrogen and oxygen atoms in total. The Morgan fingerprint density at radius 2 is 2.22 bits per heavy atom. The van der Waals surface area contributed by atoms with Gasteiger partial charge in [-0.15, -0.1) is 0 Å². The van der Waals surface area contributed by atoms with E-state index in [1.807, 2.05) is 0 Å². The summed E-state index contributed by atoms with van der Waals surface area (Å²) < 4.78 is 31.3. The van der Waals surface area contributed by atoms with Crippen molar-refractivity contribution in [2.75, 3.05) is 20.2 Å². The number of carbonyl (C=O) groups is 1. The molecule has 2 atom stereocenters. The number of hydrogen-bond donors (Lipinski definition) is 2. The third-order valence-corrected chi connectivity index (χ3v) is 2.95. The van der Waals surface area contributed by atoms with Gasteiger partial charge in [-0.25, -0.2) is 8.78 Å². The largest absolute Gasteiger partial charge is 0.378 e. The maximum absolute atomic E-state index is 13.4. The number of nitrogens with one attached hydrogen (secondary N) is 2. The highest BCUT2D eigenvalue weighted by molar-refractivity contribution is 5.94. The summed E-state index contributed by atoms with van der Waals surface area (Å²) in [6, 6.07) is 2.66. The Hall–Kier alpha value is -1.53. The molecule has 1 unspecified atom stereocenters. The summed E-state index contributed by atoms with van der Waals surface area (Å²) in [5.74, 6) is -2.14. The first-order valence-corrected chi connectivity index (χ1v) is 5.61. The Bertz CT molecular complexity index is 454. The molecular formula is C12H14F2N2O2. The normalized spacial score (nSPS) is 23.1. The third kappa shape index (κ3) is 2.65. The van der Waals surface area contributed by atoms with E-state index in [0.29, 0.717) is 19.2 Å². The summed E-state index contributed by atoms with van der Waals surface area (Å²) in [4.78, 5) is 11.8. The molecular weight excluding hydrogens is 242 g/mol. The first kappa shape index (κ1) is 12.9. The van der Waals surface area contributed by atoms with E-state index in [-0.39, 0.29) is 17.7 Å². The second kappa shape index (κ2) is 5.41. The molecule has 0 spiro atoms. The number of amides is 1. The summed E-state index contributed by atoms with van der Waals surface area (Å²) in [5.41, 5.74) is -0.168. The summed E-state index contributed by atoms with van der Waals surface area (Å²) in [6.45, 7) is 1.19. The van der Waals surface area contributed by atoms with Crippen LogP contribution in [0.15, 0.2) is 18.2 Å². The highest BCUT2D eigenvalue weighted by Gasteiger charge is 2.29. The number of ether oxygens (including phenoxy) is 1. The molecule has 2 N–H and O–H groups in total. The van der Waals surface area contributed by atoms with Gasteiger partial charge >= 0.3 is 0 Å². The van der Waals surface area contributed by atoms with Crippen LogP contribution >= 0.6 is 0 Å². The molecule has 0 bridgehead atoms. The van der Waals surface area contributed by atoms with E-state index in [4.69, 9.17) is 4.74 Å². The molecule has 0 saturated carbocycles. The molecule has 0 aliphatic carbocycles.